The molecule has 1 aliphatic rings. The SMILES string of the molecule is O=C(O)C(F)(F)c1ncnn1C1CC1. The lowest BCUT2D eigenvalue weighted by molar-refractivity contribution is -0.168. The molecule has 1 aliphatic carbocycles. The molecule has 0 bridgehead atoms. The van der Waals surface area contributed by atoms with Crippen molar-refractivity contribution in [3.8, 4) is 0 Å². The van der Waals surface area contributed by atoms with Gasteiger partial charge in [-0.25, -0.2) is 14.5 Å². The summed E-state index contributed by atoms with van der Waals surface area (Å²) in [6.45, 7) is 0. The minimum Gasteiger partial charge on any atom is -0.476 e. The van der Waals surface area contributed by atoms with E-state index in [-0.39, 0.29) is 6.04 Å². The normalized spacial score (nSPS) is 17.0. The zero-order chi connectivity index (χ0) is 10.3. The van der Waals surface area contributed by atoms with Gasteiger partial charge in [0.1, 0.15) is 6.33 Å². The second-order valence-corrected chi connectivity index (χ2v) is 3.14. The van der Waals surface area contributed by atoms with Crippen molar-refractivity contribution in [1.82, 2.24) is 14.8 Å². The number of carbonyl (C=O) groups is 1. The van der Waals surface area contributed by atoms with Crippen LogP contribution in [0.15, 0.2) is 6.33 Å². The largest absolute Gasteiger partial charge is 0.476 e. The van der Waals surface area contributed by atoms with E-state index in [9.17, 15) is 13.6 Å². The Morgan fingerprint density at radius 1 is 1.64 bits per heavy atom. The van der Waals surface area contributed by atoms with E-state index in [0.29, 0.717) is 0 Å². The van der Waals surface area contributed by atoms with Gasteiger partial charge in [0, 0.05) is 0 Å². The number of alkyl halides is 2. The average molecular weight is 203 g/mol. The molecule has 76 valence electrons. The molecule has 1 aromatic rings. The van der Waals surface area contributed by atoms with Gasteiger partial charge in [-0.05, 0) is 12.8 Å². The van der Waals surface area contributed by atoms with Gasteiger partial charge in [-0.1, -0.05) is 0 Å². The predicted octanol–water partition coefficient (Wildman–Crippen LogP) is 0.789. The van der Waals surface area contributed by atoms with E-state index in [1.165, 1.54) is 0 Å². The first-order chi connectivity index (χ1) is 6.53. The number of aromatic nitrogens is 3. The molecule has 0 unspecified atom stereocenters. The van der Waals surface area contributed by atoms with Gasteiger partial charge in [0.25, 0.3) is 0 Å². The lowest BCUT2D eigenvalue weighted by Crippen LogP contribution is -2.29. The fourth-order valence-corrected chi connectivity index (χ4v) is 1.16. The van der Waals surface area contributed by atoms with E-state index >= 15 is 0 Å². The summed E-state index contributed by atoms with van der Waals surface area (Å²) in [6.07, 6.45) is 2.43. The molecule has 0 amide bonds. The number of halogens is 2. The van der Waals surface area contributed by atoms with Crippen LogP contribution in [0.2, 0.25) is 0 Å². The Labute approximate surface area is 77.4 Å². The zero-order valence-corrected chi connectivity index (χ0v) is 7.02. The van der Waals surface area contributed by atoms with Gasteiger partial charge in [0.05, 0.1) is 6.04 Å². The summed E-state index contributed by atoms with van der Waals surface area (Å²) in [5, 5.41) is 11.9. The van der Waals surface area contributed by atoms with Crippen LogP contribution in [0.5, 0.6) is 0 Å². The number of hydrogen-bond acceptors (Lipinski definition) is 3. The van der Waals surface area contributed by atoms with Crippen LogP contribution < -0.4 is 0 Å². The summed E-state index contributed by atoms with van der Waals surface area (Å²) in [6, 6.07) is -0.113. The topological polar surface area (TPSA) is 68.0 Å². The molecule has 7 heteroatoms. The zero-order valence-electron chi connectivity index (χ0n) is 7.02. The van der Waals surface area contributed by atoms with E-state index in [0.717, 1.165) is 23.9 Å². The van der Waals surface area contributed by atoms with Crippen molar-refractivity contribution < 1.29 is 18.7 Å². The third-order valence-corrected chi connectivity index (χ3v) is 2.02. The first-order valence-electron chi connectivity index (χ1n) is 4.04. The van der Waals surface area contributed by atoms with Crippen molar-refractivity contribution in [1.29, 1.82) is 0 Å². The molecule has 0 saturated heterocycles. The molecular formula is C7H7F2N3O2. The number of nitrogens with zero attached hydrogens (tertiary/aromatic N) is 3. The maximum absolute atomic E-state index is 13.0. The summed E-state index contributed by atoms with van der Waals surface area (Å²) in [5.41, 5.74) is 0. The van der Waals surface area contributed by atoms with Crippen molar-refractivity contribution in [2.24, 2.45) is 0 Å². The fraction of sp³-hybridized carbons (Fsp3) is 0.571. The van der Waals surface area contributed by atoms with E-state index in [1.807, 2.05) is 0 Å². The van der Waals surface area contributed by atoms with Crippen molar-refractivity contribution in [2.75, 3.05) is 0 Å². The molecular weight excluding hydrogens is 196 g/mol. The molecule has 0 spiro atoms. The van der Waals surface area contributed by atoms with Crippen molar-refractivity contribution >= 4 is 5.97 Å². The van der Waals surface area contributed by atoms with Crippen LogP contribution >= 0.6 is 0 Å². The molecule has 1 N–H and O–H groups in total. The third kappa shape index (κ3) is 1.24. The Balaban J connectivity index is 2.39. The molecule has 1 fully saturated rings. The van der Waals surface area contributed by atoms with Crippen LogP contribution in [0.3, 0.4) is 0 Å². The Morgan fingerprint density at radius 2 is 2.29 bits per heavy atom. The number of hydrogen-bond donors (Lipinski definition) is 1. The number of aliphatic carboxylic acids is 1. The highest BCUT2D eigenvalue weighted by Crippen LogP contribution is 2.38. The lowest BCUT2D eigenvalue weighted by atomic mass is 10.3. The molecule has 0 aromatic carbocycles. The smallest absolute Gasteiger partial charge is 0.400 e. The van der Waals surface area contributed by atoms with E-state index < -0.39 is 17.7 Å². The summed E-state index contributed by atoms with van der Waals surface area (Å²) in [7, 11) is 0. The van der Waals surface area contributed by atoms with Crippen LogP contribution in [0.4, 0.5) is 8.78 Å². The van der Waals surface area contributed by atoms with Crippen LogP contribution in [0.25, 0.3) is 0 Å². The average Bonchev–Trinajstić information content (AvgIpc) is 2.83. The van der Waals surface area contributed by atoms with Gasteiger partial charge in [-0.15, -0.1) is 0 Å². The Kier molecular flexibility index (Phi) is 1.76. The maximum Gasteiger partial charge on any atom is 0.400 e. The van der Waals surface area contributed by atoms with E-state index in [4.69, 9.17) is 5.11 Å². The summed E-state index contributed by atoms with van der Waals surface area (Å²) in [4.78, 5) is 13.6. The van der Waals surface area contributed by atoms with Gasteiger partial charge in [-0.3, -0.25) is 0 Å². The molecule has 2 rings (SSSR count). The predicted molar refractivity (Wildman–Crippen MR) is 39.8 cm³/mol. The van der Waals surface area contributed by atoms with Gasteiger partial charge in [-0.2, -0.15) is 13.9 Å². The van der Waals surface area contributed by atoms with E-state index in [2.05, 4.69) is 10.1 Å². The summed E-state index contributed by atoms with van der Waals surface area (Å²) >= 11 is 0. The van der Waals surface area contributed by atoms with E-state index in [1.54, 1.807) is 0 Å². The first kappa shape index (κ1) is 9.04. The number of rotatable bonds is 3. The van der Waals surface area contributed by atoms with Crippen molar-refractivity contribution in [3.05, 3.63) is 12.2 Å². The van der Waals surface area contributed by atoms with Gasteiger partial charge < -0.3 is 5.11 Å². The fourth-order valence-electron chi connectivity index (χ4n) is 1.16. The number of carboxylic acids is 1. The molecule has 0 radical (unpaired) electrons. The minimum atomic E-state index is -3.96. The minimum absolute atomic E-state index is 0.113. The summed E-state index contributed by atoms with van der Waals surface area (Å²) in [5.74, 6) is -6.95. The third-order valence-electron chi connectivity index (χ3n) is 2.02. The van der Waals surface area contributed by atoms with Crippen molar-refractivity contribution in [3.63, 3.8) is 0 Å². The van der Waals surface area contributed by atoms with Gasteiger partial charge in [0.15, 0.2) is 0 Å². The van der Waals surface area contributed by atoms with Gasteiger partial charge in [0.2, 0.25) is 5.82 Å². The summed E-state index contributed by atoms with van der Waals surface area (Å²) < 4.78 is 27.1. The standard InChI is InChI=1S/C7H7F2N3O2/c8-7(9,6(13)14)5-10-3-11-12(5)4-1-2-4/h3-4H,1-2H2,(H,13,14). The Morgan fingerprint density at radius 3 is 2.79 bits per heavy atom. The molecule has 5 nitrogen and oxygen atoms in total. The molecule has 1 aromatic heterocycles. The van der Waals surface area contributed by atoms with Crippen molar-refractivity contribution in [2.45, 2.75) is 24.8 Å². The second kappa shape index (κ2) is 2.73. The van der Waals surface area contributed by atoms with Crippen LogP contribution in [-0.2, 0) is 10.7 Å². The monoisotopic (exact) mass is 203 g/mol. The molecule has 1 heterocycles. The molecule has 0 atom stereocenters. The molecule has 14 heavy (non-hydrogen) atoms. The Bertz CT molecular complexity index is 373. The molecule has 0 aliphatic heterocycles. The quantitative estimate of drug-likeness (QED) is 0.788. The lowest BCUT2D eigenvalue weighted by Gasteiger charge is -2.10. The van der Waals surface area contributed by atoms with Crippen LogP contribution in [-0.4, -0.2) is 25.8 Å². The van der Waals surface area contributed by atoms with Crippen LogP contribution in [0, 0.1) is 0 Å². The molecule has 1 saturated carbocycles. The first-order valence-corrected chi connectivity index (χ1v) is 4.04. The highest BCUT2D eigenvalue weighted by Gasteiger charge is 2.47. The second-order valence-electron chi connectivity index (χ2n) is 3.14. The maximum atomic E-state index is 13.0. The highest BCUT2D eigenvalue weighted by atomic mass is 19.3. The number of carboxylic acid groups (broad SMARTS) is 1. The van der Waals surface area contributed by atoms with Gasteiger partial charge >= 0.3 is 11.9 Å². The van der Waals surface area contributed by atoms with Crippen LogP contribution in [0.1, 0.15) is 24.7 Å². The Hall–Kier alpha value is -1.53. The highest BCUT2D eigenvalue weighted by molar-refractivity contribution is 5.76.